The second kappa shape index (κ2) is 5.19. The Morgan fingerprint density at radius 2 is 1.94 bits per heavy atom. The van der Waals surface area contributed by atoms with Crippen LogP contribution in [0.1, 0.15) is 22.8 Å². The highest BCUT2D eigenvalue weighted by Crippen LogP contribution is 2.22. The number of halogens is 1. The minimum absolute atomic E-state index is 0.143. The predicted molar refractivity (Wildman–Crippen MR) is 71.0 cm³/mol. The van der Waals surface area contributed by atoms with E-state index in [2.05, 4.69) is 11.9 Å². The second-order valence-electron chi connectivity index (χ2n) is 3.92. The largest absolute Gasteiger partial charge is 0.478 e. The molecular formula is C14H12ClNO2. The van der Waals surface area contributed by atoms with Crippen LogP contribution in [-0.4, -0.2) is 16.1 Å². The zero-order valence-electron chi connectivity index (χ0n) is 9.85. The van der Waals surface area contributed by atoms with Crippen LogP contribution in [0.25, 0.3) is 11.3 Å². The first-order valence-electron chi connectivity index (χ1n) is 5.60. The molecule has 0 bridgehead atoms. The number of rotatable bonds is 3. The highest BCUT2D eigenvalue weighted by atomic mass is 35.5. The monoisotopic (exact) mass is 261 g/mol. The van der Waals surface area contributed by atoms with Gasteiger partial charge in [0.2, 0.25) is 0 Å². The molecule has 0 fully saturated rings. The zero-order chi connectivity index (χ0) is 13.1. The number of nitrogens with zero attached hydrogens (tertiary/aromatic N) is 1. The van der Waals surface area contributed by atoms with Gasteiger partial charge in [0.25, 0.3) is 0 Å². The molecule has 1 N–H and O–H groups in total. The number of aromatic carboxylic acids is 1. The number of hydrogen-bond donors (Lipinski definition) is 1. The Kier molecular flexibility index (Phi) is 3.63. The highest BCUT2D eigenvalue weighted by Gasteiger charge is 2.08. The third-order valence-corrected chi connectivity index (χ3v) is 2.89. The summed E-state index contributed by atoms with van der Waals surface area (Å²) in [4.78, 5) is 15.1. The summed E-state index contributed by atoms with van der Waals surface area (Å²) in [5, 5.41) is 9.16. The van der Waals surface area contributed by atoms with Gasteiger partial charge in [-0.3, -0.25) is 0 Å². The number of hydrogen-bond acceptors (Lipinski definition) is 2. The molecule has 0 aliphatic rings. The van der Waals surface area contributed by atoms with Crippen LogP contribution in [0.3, 0.4) is 0 Å². The molecule has 1 aromatic heterocycles. The Bertz CT molecular complexity index is 579. The Labute approximate surface area is 110 Å². The highest BCUT2D eigenvalue weighted by molar-refractivity contribution is 6.29. The van der Waals surface area contributed by atoms with Crippen LogP contribution in [0.5, 0.6) is 0 Å². The van der Waals surface area contributed by atoms with Crippen LogP contribution < -0.4 is 0 Å². The summed E-state index contributed by atoms with van der Waals surface area (Å²) >= 11 is 5.83. The van der Waals surface area contributed by atoms with Gasteiger partial charge in [0.15, 0.2) is 0 Å². The molecule has 92 valence electrons. The maximum absolute atomic E-state index is 11.0. The van der Waals surface area contributed by atoms with Crippen molar-refractivity contribution in [3.8, 4) is 11.3 Å². The van der Waals surface area contributed by atoms with Gasteiger partial charge in [-0.2, -0.15) is 0 Å². The van der Waals surface area contributed by atoms with Crippen molar-refractivity contribution >= 4 is 17.6 Å². The molecule has 0 saturated heterocycles. The van der Waals surface area contributed by atoms with Crippen LogP contribution in [-0.2, 0) is 6.42 Å². The summed E-state index contributed by atoms with van der Waals surface area (Å²) in [6, 6.07) is 10.7. The van der Waals surface area contributed by atoms with Crippen LogP contribution in [0.15, 0.2) is 36.4 Å². The molecule has 1 aromatic carbocycles. The molecule has 0 radical (unpaired) electrons. The van der Waals surface area contributed by atoms with E-state index in [1.807, 2.05) is 24.3 Å². The fourth-order valence-corrected chi connectivity index (χ4v) is 1.89. The number of carboxylic acid groups (broad SMARTS) is 1. The fourth-order valence-electron chi connectivity index (χ4n) is 1.68. The SMILES string of the molecule is CCc1ccc(-c2cc(C(=O)O)cc(Cl)n2)cc1. The third kappa shape index (κ3) is 2.68. The number of carboxylic acids is 1. The van der Waals surface area contributed by atoms with E-state index in [0.29, 0.717) is 5.69 Å². The van der Waals surface area contributed by atoms with Gasteiger partial charge in [0, 0.05) is 5.56 Å². The standard InChI is InChI=1S/C14H12ClNO2/c1-2-9-3-5-10(6-4-9)12-7-11(14(17)18)8-13(15)16-12/h3-8H,2H2,1H3,(H,17,18). The molecule has 18 heavy (non-hydrogen) atoms. The van der Waals surface area contributed by atoms with Crippen LogP contribution >= 0.6 is 11.6 Å². The lowest BCUT2D eigenvalue weighted by molar-refractivity contribution is 0.0697. The number of pyridine rings is 1. The molecule has 0 amide bonds. The van der Waals surface area contributed by atoms with Gasteiger partial charge >= 0.3 is 5.97 Å². The molecule has 4 heteroatoms. The van der Waals surface area contributed by atoms with Crippen molar-refractivity contribution in [2.75, 3.05) is 0 Å². The quantitative estimate of drug-likeness (QED) is 0.858. The summed E-state index contributed by atoms with van der Waals surface area (Å²) in [6.07, 6.45) is 0.962. The Morgan fingerprint density at radius 3 is 2.50 bits per heavy atom. The maximum Gasteiger partial charge on any atom is 0.335 e. The fraction of sp³-hybridized carbons (Fsp3) is 0.143. The normalized spacial score (nSPS) is 10.3. The summed E-state index contributed by atoms with van der Waals surface area (Å²) in [7, 11) is 0. The molecular weight excluding hydrogens is 250 g/mol. The average Bonchev–Trinajstić information content (AvgIpc) is 2.38. The Hall–Kier alpha value is -1.87. The summed E-state index contributed by atoms with van der Waals surface area (Å²) in [6.45, 7) is 2.08. The first kappa shape index (κ1) is 12.6. The number of aromatic nitrogens is 1. The van der Waals surface area contributed by atoms with Crippen LogP contribution in [0, 0.1) is 0 Å². The van der Waals surface area contributed by atoms with E-state index in [4.69, 9.17) is 16.7 Å². The summed E-state index contributed by atoms with van der Waals surface area (Å²) in [5.74, 6) is -1.01. The number of carbonyl (C=O) groups is 1. The average molecular weight is 262 g/mol. The molecule has 0 saturated carbocycles. The van der Waals surface area contributed by atoms with Gasteiger partial charge < -0.3 is 5.11 Å². The van der Waals surface area contributed by atoms with Crippen molar-refractivity contribution in [2.45, 2.75) is 13.3 Å². The summed E-state index contributed by atoms with van der Waals surface area (Å²) in [5.41, 5.74) is 2.79. The third-order valence-electron chi connectivity index (χ3n) is 2.70. The molecule has 3 nitrogen and oxygen atoms in total. The maximum atomic E-state index is 11.0. The van der Waals surface area contributed by atoms with Gasteiger partial charge in [0.1, 0.15) is 5.15 Å². The van der Waals surface area contributed by atoms with Crippen molar-refractivity contribution in [2.24, 2.45) is 0 Å². The first-order valence-corrected chi connectivity index (χ1v) is 5.98. The van der Waals surface area contributed by atoms with E-state index in [9.17, 15) is 4.79 Å². The number of benzene rings is 1. The van der Waals surface area contributed by atoms with E-state index in [1.54, 1.807) is 0 Å². The van der Waals surface area contributed by atoms with Crippen molar-refractivity contribution in [3.63, 3.8) is 0 Å². The molecule has 0 atom stereocenters. The van der Waals surface area contributed by atoms with E-state index in [0.717, 1.165) is 12.0 Å². The lowest BCUT2D eigenvalue weighted by Gasteiger charge is -2.04. The lowest BCUT2D eigenvalue weighted by atomic mass is 10.1. The van der Waals surface area contributed by atoms with Crippen LogP contribution in [0.4, 0.5) is 0 Å². The Morgan fingerprint density at radius 1 is 1.28 bits per heavy atom. The molecule has 2 rings (SSSR count). The van der Waals surface area contributed by atoms with E-state index in [1.165, 1.54) is 17.7 Å². The molecule has 0 aliphatic carbocycles. The van der Waals surface area contributed by atoms with E-state index < -0.39 is 5.97 Å². The van der Waals surface area contributed by atoms with E-state index in [-0.39, 0.29) is 10.7 Å². The molecule has 1 heterocycles. The van der Waals surface area contributed by atoms with Crippen molar-refractivity contribution < 1.29 is 9.90 Å². The van der Waals surface area contributed by atoms with Crippen molar-refractivity contribution in [1.29, 1.82) is 0 Å². The van der Waals surface area contributed by atoms with Crippen LogP contribution in [0.2, 0.25) is 5.15 Å². The van der Waals surface area contributed by atoms with E-state index >= 15 is 0 Å². The second-order valence-corrected chi connectivity index (χ2v) is 4.31. The van der Waals surface area contributed by atoms with Gasteiger partial charge in [-0.15, -0.1) is 0 Å². The molecule has 0 unspecified atom stereocenters. The molecule has 0 aliphatic heterocycles. The summed E-state index contributed by atoms with van der Waals surface area (Å²) < 4.78 is 0. The van der Waals surface area contributed by atoms with Gasteiger partial charge in [-0.25, -0.2) is 9.78 Å². The predicted octanol–water partition coefficient (Wildman–Crippen LogP) is 3.66. The van der Waals surface area contributed by atoms with Crippen molar-refractivity contribution in [1.82, 2.24) is 4.98 Å². The minimum atomic E-state index is -1.01. The topological polar surface area (TPSA) is 50.2 Å². The van der Waals surface area contributed by atoms with Gasteiger partial charge in [0.05, 0.1) is 11.3 Å². The van der Waals surface area contributed by atoms with Gasteiger partial charge in [-0.05, 0) is 24.1 Å². The lowest BCUT2D eigenvalue weighted by Crippen LogP contribution is -1.98. The first-order chi connectivity index (χ1) is 8.60. The smallest absolute Gasteiger partial charge is 0.335 e. The minimum Gasteiger partial charge on any atom is -0.478 e. The van der Waals surface area contributed by atoms with Crippen molar-refractivity contribution in [3.05, 3.63) is 52.7 Å². The van der Waals surface area contributed by atoms with Gasteiger partial charge in [-0.1, -0.05) is 42.8 Å². The Balaban J connectivity index is 2.46. The number of aryl methyl sites for hydroxylation is 1. The molecule has 2 aromatic rings. The molecule has 0 spiro atoms. The zero-order valence-corrected chi connectivity index (χ0v) is 10.6.